The zero-order valence-corrected chi connectivity index (χ0v) is 24.7. The van der Waals surface area contributed by atoms with Crippen molar-refractivity contribution in [2.75, 3.05) is 0 Å². The summed E-state index contributed by atoms with van der Waals surface area (Å²) in [6.07, 6.45) is 3.37. The summed E-state index contributed by atoms with van der Waals surface area (Å²) >= 11 is 0. The van der Waals surface area contributed by atoms with Crippen LogP contribution in [0.15, 0.2) is 109 Å². The van der Waals surface area contributed by atoms with Crippen LogP contribution in [0.25, 0.3) is 22.5 Å². The van der Waals surface area contributed by atoms with Gasteiger partial charge >= 0.3 is 0 Å². The molecule has 3 aromatic carbocycles. The normalized spacial score (nSPS) is 13.4. The van der Waals surface area contributed by atoms with Crippen molar-refractivity contribution in [2.45, 2.75) is 33.3 Å². The maximum atomic E-state index is 7.33. The summed E-state index contributed by atoms with van der Waals surface area (Å²) in [6, 6.07) is 39.8. The third-order valence-corrected chi connectivity index (χ3v) is 11.1. The molecule has 0 spiro atoms. The summed E-state index contributed by atoms with van der Waals surface area (Å²) < 4.78 is 22.0. The largest absolute Gasteiger partial charge is 0.305 e. The monoisotopic (exact) mass is 680 g/mol. The average molecular weight is 680 g/mol. The van der Waals surface area contributed by atoms with Gasteiger partial charge in [-0.25, -0.2) is 0 Å². The summed E-state index contributed by atoms with van der Waals surface area (Å²) in [7, 11) is -1.66. The molecule has 5 aromatic rings. The van der Waals surface area contributed by atoms with Crippen molar-refractivity contribution < 1.29 is 24.2 Å². The minimum Gasteiger partial charge on any atom is -0.305 e. The first-order valence-electron chi connectivity index (χ1n) is 13.6. The van der Waals surface area contributed by atoms with Crippen molar-refractivity contribution in [3.05, 3.63) is 133 Å². The van der Waals surface area contributed by atoms with Crippen molar-refractivity contribution in [3.63, 3.8) is 0 Å². The minimum atomic E-state index is -2.09. The maximum Gasteiger partial charge on any atom is 0.0690 e. The Morgan fingerprint density at radius 3 is 2.00 bits per heavy atom. The molecular formula is C33H32IrN2Si-2. The van der Waals surface area contributed by atoms with Gasteiger partial charge in [0.15, 0.2) is 0 Å². The molecule has 0 aliphatic carbocycles. The number of nitrogens with zero attached hydrogens (tertiary/aromatic N) is 2. The average Bonchev–Trinajstić information content (AvgIpc) is 2.98. The first kappa shape index (κ1) is 24.2. The Kier molecular flexibility index (Phi) is 8.75. The standard InChI is InChI=1S/C21H22NSi.C12H10N.Ir/c1-4-23(3,19-8-6-5-7-9-19)20-12-10-18(11-13-20)21-16-17(2)14-15-22-21;1-10-7-8-13-12(9-10)11-5-3-2-4-6-11;/h5-10,12-16H,4H2,1-3H3;2-5,7-9H,1H3;/q2*-1;/i;1D3;. The molecule has 1 unspecified atom stereocenters. The van der Waals surface area contributed by atoms with Crippen LogP contribution in [-0.4, -0.2) is 18.0 Å². The van der Waals surface area contributed by atoms with Crippen LogP contribution in [0, 0.1) is 25.9 Å². The fraction of sp³-hybridized carbons (Fsp3) is 0.152. The van der Waals surface area contributed by atoms with Crippen LogP contribution in [0.1, 0.15) is 22.2 Å². The Morgan fingerprint density at radius 2 is 1.41 bits per heavy atom. The van der Waals surface area contributed by atoms with Gasteiger partial charge in [-0.2, -0.15) is 0 Å². The molecule has 0 aliphatic heterocycles. The van der Waals surface area contributed by atoms with E-state index in [-0.39, 0.29) is 20.1 Å². The molecule has 1 radical (unpaired) electrons. The smallest absolute Gasteiger partial charge is 0.0690 e. The zero-order valence-electron chi connectivity index (χ0n) is 24.3. The quantitative estimate of drug-likeness (QED) is 0.149. The van der Waals surface area contributed by atoms with E-state index in [4.69, 9.17) is 4.11 Å². The molecule has 0 N–H and O–H groups in total. The molecule has 0 amide bonds. The summed E-state index contributed by atoms with van der Waals surface area (Å²) in [4.78, 5) is 8.60. The molecule has 2 heterocycles. The van der Waals surface area contributed by atoms with E-state index in [9.17, 15) is 0 Å². The number of pyridine rings is 2. The van der Waals surface area contributed by atoms with E-state index in [0.717, 1.165) is 16.8 Å². The van der Waals surface area contributed by atoms with Crippen LogP contribution < -0.4 is 10.4 Å². The number of benzene rings is 3. The second-order valence-electron chi connectivity index (χ2n) is 8.97. The molecule has 2 nitrogen and oxygen atoms in total. The van der Waals surface area contributed by atoms with Crippen molar-refractivity contribution in [2.24, 2.45) is 0 Å². The molecule has 189 valence electrons. The third-order valence-electron chi connectivity index (χ3n) is 6.50. The Morgan fingerprint density at radius 1 is 0.757 bits per heavy atom. The summed E-state index contributed by atoms with van der Waals surface area (Å²) in [6.45, 7) is 4.74. The fourth-order valence-corrected chi connectivity index (χ4v) is 7.04. The minimum absolute atomic E-state index is 0. The van der Waals surface area contributed by atoms with Gasteiger partial charge in [-0.3, -0.25) is 0 Å². The maximum absolute atomic E-state index is 7.33. The van der Waals surface area contributed by atoms with Gasteiger partial charge in [-0.05, 0) is 37.3 Å². The van der Waals surface area contributed by atoms with E-state index in [1.165, 1.54) is 34.2 Å². The van der Waals surface area contributed by atoms with Crippen LogP contribution in [0.5, 0.6) is 0 Å². The predicted molar refractivity (Wildman–Crippen MR) is 154 cm³/mol. The van der Waals surface area contributed by atoms with Crippen LogP contribution >= 0.6 is 0 Å². The van der Waals surface area contributed by atoms with Crippen LogP contribution in [-0.2, 0) is 20.1 Å². The zero-order chi connectivity index (χ0) is 27.9. The van der Waals surface area contributed by atoms with E-state index in [1.54, 1.807) is 12.1 Å². The Bertz CT molecular complexity index is 1490. The van der Waals surface area contributed by atoms with Gasteiger partial charge in [0.05, 0.1) is 8.07 Å². The van der Waals surface area contributed by atoms with Gasteiger partial charge in [0.1, 0.15) is 0 Å². The van der Waals surface area contributed by atoms with Crippen LogP contribution in [0.2, 0.25) is 12.6 Å². The first-order chi connectivity index (χ1) is 18.7. The molecule has 2 aromatic heterocycles. The molecular weight excluding hydrogens is 645 g/mol. The van der Waals surface area contributed by atoms with Gasteiger partial charge < -0.3 is 9.97 Å². The molecule has 5 rings (SSSR count). The van der Waals surface area contributed by atoms with E-state index in [0.29, 0.717) is 11.3 Å². The third kappa shape index (κ3) is 7.20. The number of aryl methyl sites for hydroxylation is 2. The number of hydrogen-bond acceptors (Lipinski definition) is 2. The Hall–Kier alpha value is -3.17. The topological polar surface area (TPSA) is 25.8 Å². The van der Waals surface area contributed by atoms with E-state index in [1.807, 2.05) is 30.5 Å². The molecule has 37 heavy (non-hydrogen) atoms. The van der Waals surface area contributed by atoms with Crippen molar-refractivity contribution >= 4 is 18.4 Å². The number of hydrogen-bond donors (Lipinski definition) is 0. The van der Waals surface area contributed by atoms with Crippen molar-refractivity contribution in [3.8, 4) is 22.5 Å². The van der Waals surface area contributed by atoms with E-state index in [2.05, 4.69) is 97.1 Å². The molecule has 0 saturated heterocycles. The summed E-state index contributed by atoms with van der Waals surface area (Å²) in [5.41, 5.74) is 5.02. The predicted octanol–water partition coefficient (Wildman–Crippen LogP) is 6.92. The van der Waals surface area contributed by atoms with Gasteiger partial charge in [-0.15, -0.1) is 70.9 Å². The van der Waals surface area contributed by atoms with Gasteiger partial charge in [0.25, 0.3) is 0 Å². The van der Waals surface area contributed by atoms with Gasteiger partial charge in [0.2, 0.25) is 0 Å². The molecule has 0 fully saturated rings. The first-order valence-corrected chi connectivity index (χ1v) is 14.9. The van der Waals surface area contributed by atoms with Crippen LogP contribution in [0.3, 0.4) is 0 Å². The molecule has 0 saturated carbocycles. The van der Waals surface area contributed by atoms with Gasteiger partial charge in [0, 0.05) is 36.6 Å². The summed E-state index contributed by atoms with van der Waals surface area (Å²) in [5.74, 6) is 0. The van der Waals surface area contributed by atoms with Crippen molar-refractivity contribution in [1.82, 2.24) is 9.97 Å². The molecule has 0 bridgehead atoms. The van der Waals surface area contributed by atoms with E-state index >= 15 is 0 Å². The molecule has 0 aliphatic rings. The number of rotatable bonds is 5. The Balaban J connectivity index is 0.000000229. The second kappa shape index (κ2) is 13.4. The number of aromatic nitrogens is 2. The fourth-order valence-electron chi connectivity index (χ4n) is 4.12. The summed E-state index contributed by atoms with van der Waals surface area (Å²) in [5, 5.41) is 2.92. The SMILES string of the molecule is CC[Si](C)(c1c[c-]c(-c2cc(C)ccn2)cc1)c1ccccc1.[2H]C([2H])([2H])c1ccnc(-c2[c-]cccc2)c1.[Ir]. The van der Waals surface area contributed by atoms with E-state index < -0.39 is 14.9 Å². The molecule has 4 heteroatoms. The van der Waals surface area contributed by atoms with Gasteiger partial charge in [-0.1, -0.05) is 78.3 Å². The molecule has 1 atom stereocenters. The van der Waals surface area contributed by atoms with Crippen molar-refractivity contribution in [1.29, 1.82) is 0 Å². The Labute approximate surface area is 240 Å². The second-order valence-corrected chi connectivity index (χ2v) is 13.5. The van der Waals surface area contributed by atoms with Crippen LogP contribution in [0.4, 0.5) is 0 Å².